The third-order valence-corrected chi connectivity index (χ3v) is 5.26. The van der Waals surface area contributed by atoms with Gasteiger partial charge in [0.05, 0.1) is 11.8 Å². The average molecular weight is 295 g/mol. The molecule has 0 aliphatic carbocycles. The van der Waals surface area contributed by atoms with Gasteiger partial charge >= 0.3 is 0 Å². The zero-order valence-corrected chi connectivity index (χ0v) is 12.4. The van der Waals surface area contributed by atoms with Crippen LogP contribution in [0.25, 0.3) is 0 Å². The van der Waals surface area contributed by atoms with E-state index in [1.54, 1.807) is 18.3 Å². The fourth-order valence-electron chi connectivity index (χ4n) is 1.84. The molecule has 0 radical (unpaired) electrons. The summed E-state index contributed by atoms with van der Waals surface area (Å²) >= 11 is 1.57. The second-order valence-corrected chi connectivity index (χ2v) is 7.30. The van der Waals surface area contributed by atoms with Crippen molar-refractivity contribution < 1.29 is 8.42 Å². The molecule has 0 fully saturated rings. The number of hydrogen-bond donors (Lipinski definition) is 1. The largest absolute Gasteiger partial charge is 0.212 e. The molecule has 0 bridgehead atoms. The van der Waals surface area contributed by atoms with Crippen molar-refractivity contribution in [1.82, 2.24) is 4.72 Å². The van der Waals surface area contributed by atoms with Gasteiger partial charge in [-0.25, -0.2) is 13.1 Å². The van der Waals surface area contributed by atoms with Crippen LogP contribution < -0.4 is 4.72 Å². The lowest BCUT2D eigenvalue weighted by atomic mass is 10.1. The first kappa shape index (κ1) is 14.2. The first-order valence-corrected chi connectivity index (χ1v) is 8.71. The molecule has 0 saturated heterocycles. The molecule has 2 aromatic rings. The summed E-state index contributed by atoms with van der Waals surface area (Å²) in [6.45, 7) is 1.65. The molecule has 0 aliphatic heterocycles. The lowest BCUT2D eigenvalue weighted by Gasteiger charge is -2.17. The molecule has 5 heteroatoms. The van der Waals surface area contributed by atoms with Crippen LogP contribution in [0.4, 0.5) is 0 Å². The van der Waals surface area contributed by atoms with Crippen molar-refractivity contribution in [3.63, 3.8) is 0 Å². The zero-order chi connectivity index (χ0) is 13.7. The van der Waals surface area contributed by atoms with Crippen LogP contribution in [0.3, 0.4) is 0 Å². The Kier molecular flexibility index (Phi) is 4.74. The topological polar surface area (TPSA) is 46.2 Å². The summed E-state index contributed by atoms with van der Waals surface area (Å²) in [7, 11) is -3.21. The van der Waals surface area contributed by atoms with Crippen LogP contribution in [-0.4, -0.2) is 14.2 Å². The average Bonchev–Trinajstić information content (AvgIpc) is 2.93. The number of nitrogens with one attached hydrogen (secondary N) is 1. The molecule has 1 atom stereocenters. The fourth-order valence-corrected chi connectivity index (χ4v) is 3.50. The van der Waals surface area contributed by atoms with Gasteiger partial charge in [0.1, 0.15) is 0 Å². The quantitative estimate of drug-likeness (QED) is 0.890. The lowest BCUT2D eigenvalue weighted by Crippen LogP contribution is -2.30. The predicted octanol–water partition coefficient (Wildman–Crippen LogP) is 2.97. The van der Waals surface area contributed by atoms with E-state index in [0.717, 1.165) is 10.4 Å². The summed E-state index contributed by atoms with van der Waals surface area (Å²) in [5, 5.41) is 1.97. The molecule has 1 N–H and O–H groups in total. The Morgan fingerprint density at radius 3 is 2.47 bits per heavy atom. The molecule has 3 nitrogen and oxygen atoms in total. The third kappa shape index (κ3) is 4.16. The molecule has 102 valence electrons. The summed E-state index contributed by atoms with van der Waals surface area (Å²) in [6, 6.07) is 13.6. The van der Waals surface area contributed by atoms with E-state index in [-0.39, 0.29) is 11.8 Å². The maximum Gasteiger partial charge on any atom is 0.211 e. The second kappa shape index (κ2) is 6.32. The minimum Gasteiger partial charge on any atom is -0.212 e. The van der Waals surface area contributed by atoms with E-state index in [0.29, 0.717) is 6.42 Å². The molecule has 1 heterocycles. The first-order valence-electron chi connectivity index (χ1n) is 6.18. The highest BCUT2D eigenvalue weighted by molar-refractivity contribution is 7.89. The number of benzene rings is 1. The van der Waals surface area contributed by atoms with Crippen LogP contribution in [0.2, 0.25) is 0 Å². The SMILES string of the molecule is CCS(=O)(=O)NC(Cc1ccccc1)c1cccs1. The molecular weight excluding hydrogens is 278 g/mol. The number of sulfonamides is 1. The van der Waals surface area contributed by atoms with Crippen molar-refractivity contribution in [1.29, 1.82) is 0 Å². The van der Waals surface area contributed by atoms with Gasteiger partial charge in [0, 0.05) is 4.88 Å². The molecule has 0 spiro atoms. The van der Waals surface area contributed by atoms with Crippen LogP contribution in [0.5, 0.6) is 0 Å². The fraction of sp³-hybridized carbons (Fsp3) is 0.286. The van der Waals surface area contributed by atoms with E-state index in [9.17, 15) is 8.42 Å². The van der Waals surface area contributed by atoms with Crippen LogP contribution in [0.15, 0.2) is 47.8 Å². The maximum absolute atomic E-state index is 11.8. The van der Waals surface area contributed by atoms with Gasteiger partial charge < -0.3 is 0 Å². The van der Waals surface area contributed by atoms with Gasteiger partial charge in [-0.3, -0.25) is 0 Å². The van der Waals surface area contributed by atoms with Crippen molar-refractivity contribution in [3.05, 3.63) is 58.3 Å². The van der Waals surface area contributed by atoms with E-state index >= 15 is 0 Å². The molecule has 1 aromatic heterocycles. The molecule has 0 aliphatic rings. The molecule has 0 saturated carbocycles. The minimum atomic E-state index is -3.21. The Hall–Kier alpha value is -1.17. The van der Waals surface area contributed by atoms with Crippen molar-refractivity contribution in [2.75, 3.05) is 5.75 Å². The standard InChI is InChI=1S/C14H17NO2S2/c1-2-19(16,17)15-13(14-9-6-10-18-14)11-12-7-4-3-5-8-12/h3-10,13,15H,2,11H2,1H3. The Morgan fingerprint density at radius 2 is 1.89 bits per heavy atom. The minimum absolute atomic E-state index is 0.101. The van der Waals surface area contributed by atoms with E-state index < -0.39 is 10.0 Å². The monoisotopic (exact) mass is 295 g/mol. The van der Waals surface area contributed by atoms with Crippen molar-refractivity contribution >= 4 is 21.4 Å². The van der Waals surface area contributed by atoms with Gasteiger partial charge in [-0.1, -0.05) is 36.4 Å². The second-order valence-electron chi connectivity index (χ2n) is 4.28. The number of hydrogen-bond acceptors (Lipinski definition) is 3. The van der Waals surface area contributed by atoms with Crippen LogP contribution in [-0.2, 0) is 16.4 Å². The van der Waals surface area contributed by atoms with E-state index in [4.69, 9.17) is 0 Å². The summed E-state index contributed by atoms with van der Waals surface area (Å²) < 4.78 is 26.4. The predicted molar refractivity (Wildman–Crippen MR) is 79.8 cm³/mol. The molecule has 2 rings (SSSR count). The van der Waals surface area contributed by atoms with Gasteiger partial charge in [-0.2, -0.15) is 0 Å². The normalized spacial score (nSPS) is 13.3. The smallest absolute Gasteiger partial charge is 0.211 e. The molecule has 1 aromatic carbocycles. The molecule has 19 heavy (non-hydrogen) atoms. The molecular formula is C14H17NO2S2. The van der Waals surface area contributed by atoms with Gasteiger partial charge in [0.25, 0.3) is 0 Å². The van der Waals surface area contributed by atoms with Crippen molar-refractivity contribution in [2.24, 2.45) is 0 Å². The van der Waals surface area contributed by atoms with Gasteiger partial charge in [0.15, 0.2) is 0 Å². The highest BCUT2D eigenvalue weighted by Gasteiger charge is 2.19. The summed E-state index contributed by atoms with van der Waals surface area (Å²) in [4.78, 5) is 1.04. The van der Waals surface area contributed by atoms with Crippen molar-refractivity contribution in [2.45, 2.75) is 19.4 Å². The summed E-state index contributed by atoms with van der Waals surface area (Å²) in [6.07, 6.45) is 0.667. The number of rotatable bonds is 6. The third-order valence-electron chi connectivity index (χ3n) is 2.87. The van der Waals surface area contributed by atoms with Crippen LogP contribution >= 0.6 is 11.3 Å². The van der Waals surface area contributed by atoms with Crippen LogP contribution in [0.1, 0.15) is 23.4 Å². The maximum atomic E-state index is 11.8. The zero-order valence-electron chi connectivity index (χ0n) is 10.7. The Balaban J connectivity index is 2.21. The van der Waals surface area contributed by atoms with E-state index in [1.807, 2.05) is 47.8 Å². The summed E-state index contributed by atoms with van der Waals surface area (Å²) in [5.41, 5.74) is 1.12. The molecule has 1 unspecified atom stereocenters. The van der Waals surface area contributed by atoms with Crippen molar-refractivity contribution in [3.8, 4) is 0 Å². The van der Waals surface area contributed by atoms with Gasteiger partial charge in [0.2, 0.25) is 10.0 Å². The molecule has 0 amide bonds. The van der Waals surface area contributed by atoms with E-state index in [2.05, 4.69) is 4.72 Å². The Bertz CT molecular complexity index is 592. The van der Waals surface area contributed by atoms with Crippen LogP contribution in [0, 0.1) is 0 Å². The Labute approximate surface area is 118 Å². The van der Waals surface area contributed by atoms with Gasteiger partial charge in [-0.15, -0.1) is 11.3 Å². The highest BCUT2D eigenvalue weighted by Crippen LogP contribution is 2.23. The number of thiophene rings is 1. The van der Waals surface area contributed by atoms with E-state index in [1.165, 1.54) is 0 Å². The Morgan fingerprint density at radius 1 is 1.16 bits per heavy atom. The summed E-state index contributed by atoms with van der Waals surface area (Å²) in [5.74, 6) is 0.101. The lowest BCUT2D eigenvalue weighted by molar-refractivity contribution is 0.558. The highest BCUT2D eigenvalue weighted by atomic mass is 32.2. The first-order chi connectivity index (χ1) is 9.11. The van der Waals surface area contributed by atoms with Gasteiger partial charge in [-0.05, 0) is 30.4 Å².